The van der Waals surface area contributed by atoms with Crippen LogP contribution in [0.15, 0.2) is 42.5 Å². The molecule has 0 radical (unpaired) electrons. The molecule has 2 atom stereocenters. The van der Waals surface area contributed by atoms with Crippen LogP contribution in [0.3, 0.4) is 0 Å². The summed E-state index contributed by atoms with van der Waals surface area (Å²) in [6.45, 7) is 12.5. The monoisotopic (exact) mass is 601 g/mol. The molecule has 0 aliphatic heterocycles. The number of aryl methyl sites for hydroxylation is 1. The van der Waals surface area contributed by atoms with Gasteiger partial charge in [0.05, 0.1) is 28.8 Å². The number of esters is 2. The van der Waals surface area contributed by atoms with Gasteiger partial charge in [-0.05, 0) is 74.6 Å². The minimum absolute atomic E-state index is 0.137. The fraction of sp³-hybridized carbons (Fsp3) is 0.412. The number of benzene rings is 2. The van der Waals surface area contributed by atoms with Gasteiger partial charge in [0.15, 0.2) is 6.10 Å². The molecule has 1 aliphatic carbocycles. The predicted molar refractivity (Wildman–Crippen MR) is 170 cm³/mol. The summed E-state index contributed by atoms with van der Waals surface area (Å²) < 4.78 is 11.1. The highest BCUT2D eigenvalue weighted by Crippen LogP contribution is 2.44. The van der Waals surface area contributed by atoms with Gasteiger partial charge in [-0.3, -0.25) is 4.79 Å². The van der Waals surface area contributed by atoms with Crippen LogP contribution < -0.4 is 5.32 Å². The average molecular weight is 602 g/mol. The van der Waals surface area contributed by atoms with Crippen molar-refractivity contribution in [3.8, 4) is 11.4 Å². The summed E-state index contributed by atoms with van der Waals surface area (Å²) in [5.74, 6) is -0.346. The van der Waals surface area contributed by atoms with Gasteiger partial charge >= 0.3 is 11.9 Å². The zero-order chi connectivity index (χ0) is 30.9. The van der Waals surface area contributed by atoms with E-state index in [1.807, 2.05) is 31.2 Å². The summed E-state index contributed by atoms with van der Waals surface area (Å²) in [6.07, 6.45) is 1.80. The van der Waals surface area contributed by atoms with E-state index in [1.165, 1.54) is 11.3 Å². The van der Waals surface area contributed by atoms with Gasteiger partial charge < -0.3 is 19.8 Å². The molecular formula is C34H39N3O5S. The highest BCUT2D eigenvalue weighted by molar-refractivity contribution is 7.17. The number of imidazole rings is 1. The number of amides is 1. The van der Waals surface area contributed by atoms with Crippen molar-refractivity contribution in [1.82, 2.24) is 9.97 Å². The van der Waals surface area contributed by atoms with Crippen LogP contribution >= 0.6 is 11.3 Å². The smallest absolute Gasteiger partial charge is 0.341 e. The SMILES string of the molecule is CCOC(=O)c1c(NC(=O)C(CC)OC(=O)c2ccc3nc(-c4ccc(C)cc4)[nH]c3c2)sc2c1CCC(C(C)(C)C)C2. The second-order valence-corrected chi connectivity index (χ2v) is 13.3. The maximum atomic E-state index is 13.4. The van der Waals surface area contributed by atoms with Crippen molar-refractivity contribution in [2.75, 3.05) is 11.9 Å². The molecule has 0 fully saturated rings. The predicted octanol–water partition coefficient (Wildman–Crippen LogP) is 7.50. The van der Waals surface area contributed by atoms with Crippen LogP contribution in [0, 0.1) is 18.3 Å². The molecule has 2 N–H and O–H groups in total. The number of rotatable bonds is 8. The van der Waals surface area contributed by atoms with Crippen molar-refractivity contribution >= 4 is 45.2 Å². The number of hydrogen-bond donors (Lipinski definition) is 2. The van der Waals surface area contributed by atoms with Gasteiger partial charge in [-0.15, -0.1) is 11.3 Å². The number of carbonyl (C=O) groups excluding carboxylic acids is 3. The topological polar surface area (TPSA) is 110 Å². The largest absolute Gasteiger partial charge is 0.462 e. The summed E-state index contributed by atoms with van der Waals surface area (Å²) in [5, 5.41) is 3.37. The Hall–Kier alpha value is -3.98. The Morgan fingerprint density at radius 2 is 1.84 bits per heavy atom. The number of nitrogens with zero attached hydrogens (tertiary/aromatic N) is 1. The normalized spacial score (nSPS) is 15.5. The summed E-state index contributed by atoms with van der Waals surface area (Å²) in [5.41, 5.74) is 5.35. The lowest BCUT2D eigenvalue weighted by atomic mass is 9.72. The zero-order valence-corrected chi connectivity index (χ0v) is 26.4. The van der Waals surface area contributed by atoms with Crippen LogP contribution in [0.25, 0.3) is 22.4 Å². The Morgan fingerprint density at radius 1 is 1.09 bits per heavy atom. The number of anilines is 1. The van der Waals surface area contributed by atoms with E-state index in [9.17, 15) is 14.4 Å². The minimum atomic E-state index is -1.04. The molecule has 2 heterocycles. The first-order chi connectivity index (χ1) is 20.5. The van der Waals surface area contributed by atoms with Crippen LogP contribution in [-0.2, 0) is 27.1 Å². The number of aromatic amines is 1. The lowest BCUT2D eigenvalue weighted by molar-refractivity contribution is -0.124. The second-order valence-electron chi connectivity index (χ2n) is 12.2. The molecule has 0 saturated carbocycles. The van der Waals surface area contributed by atoms with E-state index in [2.05, 4.69) is 36.1 Å². The van der Waals surface area contributed by atoms with Gasteiger partial charge in [0.2, 0.25) is 0 Å². The quantitative estimate of drug-likeness (QED) is 0.202. The van der Waals surface area contributed by atoms with Crippen molar-refractivity contribution in [3.05, 3.63) is 69.6 Å². The first-order valence-electron chi connectivity index (χ1n) is 14.9. The third kappa shape index (κ3) is 6.51. The standard InChI is InChI=1S/C34H39N3O5S/c1-7-26(42-32(39)21-13-16-24-25(17-21)36-29(35-24)20-11-9-19(3)10-12-20)30(38)37-31-28(33(40)41-8-2)23-15-14-22(34(4,5)6)18-27(23)43-31/h9-13,16-17,22,26H,7-8,14-15,18H2,1-6H3,(H,35,36)(H,37,38). The van der Waals surface area contributed by atoms with E-state index in [4.69, 9.17) is 9.47 Å². The summed E-state index contributed by atoms with van der Waals surface area (Å²) in [4.78, 5) is 48.6. The van der Waals surface area contributed by atoms with Crippen LogP contribution in [0.1, 0.15) is 84.2 Å². The summed E-state index contributed by atoms with van der Waals surface area (Å²) in [6, 6.07) is 13.1. The maximum absolute atomic E-state index is 13.4. The molecular weight excluding hydrogens is 562 g/mol. The molecule has 0 saturated heterocycles. The number of ether oxygens (including phenoxy) is 2. The summed E-state index contributed by atoms with van der Waals surface area (Å²) >= 11 is 1.43. The minimum Gasteiger partial charge on any atom is -0.462 e. The molecule has 5 rings (SSSR count). The van der Waals surface area contributed by atoms with E-state index in [-0.39, 0.29) is 18.4 Å². The molecule has 43 heavy (non-hydrogen) atoms. The highest BCUT2D eigenvalue weighted by atomic mass is 32.1. The molecule has 0 bridgehead atoms. The number of thiophene rings is 1. The number of fused-ring (bicyclic) bond motifs is 2. The van der Waals surface area contributed by atoms with Crippen LogP contribution in [-0.4, -0.2) is 40.5 Å². The Kier molecular flexibility index (Phi) is 8.74. The van der Waals surface area contributed by atoms with E-state index in [0.717, 1.165) is 46.3 Å². The third-order valence-corrected chi connectivity index (χ3v) is 9.33. The maximum Gasteiger partial charge on any atom is 0.341 e. The first-order valence-corrected chi connectivity index (χ1v) is 15.7. The van der Waals surface area contributed by atoms with E-state index in [0.29, 0.717) is 33.4 Å². The molecule has 2 aromatic heterocycles. The second kappa shape index (κ2) is 12.3. The van der Waals surface area contributed by atoms with E-state index in [1.54, 1.807) is 32.0 Å². The molecule has 1 amide bonds. The van der Waals surface area contributed by atoms with Gasteiger partial charge in [-0.2, -0.15) is 0 Å². The molecule has 8 nitrogen and oxygen atoms in total. The number of carbonyl (C=O) groups is 3. The lowest BCUT2D eigenvalue weighted by Crippen LogP contribution is -2.32. The molecule has 226 valence electrons. The fourth-order valence-corrected chi connectivity index (χ4v) is 6.85. The number of H-pyrrole nitrogens is 1. The zero-order valence-electron chi connectivity index (χ0n) is 25.6. The van der Waals surface area contributed by atoms with Crippen molar-refractivity contribution < 1.29 is 23.9 Å². The molecule has 2 unspecified atom stereocenters. The number of hydrogen-bond acceptors (Lipinski definition) is 7. The van der Waals surface area contributed by atoms with Crippen molar-refractivity contribution in [3.63, 3.8) is 0 Å². The number of aromatic nitrogens is 2. The Balaban J connectivity index is 1.33. The lowest BCUT2D eigenvalue weighted by Gasteiger charge is -2.33. The molecule has 2 aromatic carbocycles. The molecule has 9 heteroatoms. The Labute approximate surface area is 256 Å². The third-order valence-electron chi connectivity index (χ3n) is 8.16. The van der Waals surface area contributed by atoms with Crippen LogP contribution in [0.5, 0.6) is 0 Å². The average Bonchev–Trinajstić information content (AvgIpc) is 3.56. The summed E-state index contributed by atoms with van der Waals surface area (Å²) in [7, 11) is 0. The van der Waals surface area contributed by atoms with Crippen LogP contribution in [0.2, 0.25) is 0 Å². The van der Waals surface area contributed by atoms with Crippen molar-refractivity contribution in [2.45, 2.75) is 73.3 Å². The Morgan fingerprint density at radius 3 is 2.51 bits per heavy atom. The van der Waals surface area contributed by atoms with Crippen LogP contribution in [0.4, 0.5) is 5.00 Å². The van der Waals surface area contributed by atoms with E-state index >= 15 is 0 Å². The Bertz CT molecular complexity index is 1660. The molecule has 4 aromatic rings. The molecule has 1 aliphatic rings. The van der Waals surface area contributed by atoms with E-state index < -0.39 is 23.9 Å². The van der Waals surface area contributed by atoms with Gasteiger partial charge in [-0.25, -0.2) is 14.6 Å². The van der Waals surface area contributed by atoms with Gasteiger partial charge in [-0.1, -0.05) is 57.5 Å². The fourth-order valence-electron chi connectivity index (χ4n) is 5.53. The highest BCUT2D eigenvalue weighted by Gasteiger charge is 2.35. The number of nitrogens with one attached hydrogen (secondary N) is 2. The van der Waals surface area contributed by atoms with Gasteiger partial charge in [0.25, 0.3) is 5.91 Å². The van der Waals surface area contributed by atoms with Gasteiger partial charge in [0.1, 0.15) is 10.8 Å². The van der Waals surface area contributed by atoms with Crippen molar-refractivity contribution in [2.24, 2.45) is 11.3 Å². The molecule has 0 spiro atoms. The van der Waals surface area contributed by atoms with Crippen molar-refractivity contribution in [1.29, 1.82) is 0 Å². The van der Waals surface area contributed by atoms with Gasteiger partial charge in [0, 0.05) is 10.4 Å². The first kappa shape index (κ1) is 30.5.